The molecule has 2 aromatic heterocycles. The summed E-state index contributed by atoms with van der Waals surface area (Å²) in [6.45, 7) is 5.18. The number of aryl methyl sites for hydroxylation is 2. The van der Waals surface area contributed by atoms with Gasteiger partial charge in [0.05, 0.1) is 11.5 Å². The van der Waals surface area contributed by atoms with Crippen LogP contribution in [0.25, 0.3) is 0 Å². The van der Waals surface area contributed by atoms with E-state index in [0.717, 1.165) is 23.4 Å². The number of nitrogens with zero attached hydrogens (tertiary/aromatic N) is 1. The number of carbonyl (C=O) groups excluding carboxylic acids is 1. The Balaban J connectivity index is 1.80. The topological polar surface area (TPSA) is 71.3 Å². The number of hydrogen-bond donors (Lipinski definition) is 2. The van der Waals surface area contributed by atoms with Crippen molar-refractivity contribution < 1.29 is 9.90 Å². The molecular formula is C19H24N2O3S. The smallest absolute Gasteiger partial charge is 0.258 e. The quantitative estimate of drug-likeness (QED) is 0.881. The molecule has 0 saturated carbocycles. The molecule has 0 spiro atoms. The largest absolute Gasteiger partial charge is 0.378 e. The first kappa shape index (κ1) is 17.9. The van der Waals surface area contributed by atoms with Gasteiger partial charge in [-0.2, -0.15) is 0 Å². The van der Waals surface area contributed by atoms with E-state index in [9.17, 15) is 14.7 Å². The van der Waals surface area contributed by atoms with E-state index >= 15 is 0 Å². The predicted octanol–water partition coefficient (Wildman–Crippen LogP) is 2.80. The summed E-state index contributed by atoms with van der Waals surface area (Å²) in [6.07, 6.45) is 4.49. The van der Waals surface area contributed by atoms with E-state index < -0.39 is 11.5 Å². The second-order valence-electron chi connectivity index (χ2n) is 6.98. The minimum Gasteiger partial charge on any atom is -0.378 e. The Labute approximate surface area is 151 Å². The van der Waals surface area contributed by atoms with Gasteiger partial charge in [-0.15, -0.1) is 11.3 Å². The molecule has 1 aliphatic carbocycles. The highest BCUT2D eigenvalue weighted by molar-refractivity contribution is 7.16. The van der Waals surface area contributed by atoms with Crippen LogP contribution >= 0.6 is 11.3 Å². The molecule has 1 amide bonds. The third kappa shape index (κ3) is 3.55. The average Bonchev–Trinajstić information content (AvgIpc) is 2.88. The molecular weight excluding hydrogens is 336 g/mol. The number of thiophene rings is 1. The van der Waals surface area contributed by atoms with Gasteiger partial charge in [0, 0.05) is 16.6 Å². The summed E-state index contributed by atoms with van der Waals surface area (Å²) in [5.41, 5.74) is 1.27. The monoisotopic (exact) mass is 360 g/mol. The molecule has 134 valence electrons. The lowest BCUT2D eigenvalue weighted by atomic mass is 9.96. The van der Waals surface area contributed by atoms with Crippen LogP contribution in [-0.2, 0) is 24.2 Å². The lowest BCUT2D eigenvalue weighted by Crippen LogP contribution is -2.46. The number of carbonyl (C=O) groups is 1. The van der Waals surface area contributed by atoms with Gasteiger partial charge in [0.1, 0.15) is 0 Å². The number of anilines is 1. The van der Waals surface area contributed by atoms with Crippen LogP contribution in [0, 0.1) is 13.8 Å². The predicted molar refractivity (Wildman–Crippen MR) is 100 cm³/mol. The van der Waals surface area contributed by atoms with E-state index in [1.165, 1.54) is 40.8 Å². The van der Waals surface area contributed by atoms with Crippen molar-refractivity contribution in [2.75, 3.05) is 5.32 Å². The Morgan fingerprint density at radius 1 is 1.32 bits per heavy atom. The molecule has 0 saturated heterocycles. The highest BCUT2D eigenvalue weighted by Gasteiger charge is 2.33. The van der Waals surface area contributed by atoms with E-state index in [0.29, 0.717) is 5.69 Å². The first-order valence-corrected chi connectivity index (χ1v) is 9.42. The van der Waals surface area contributed by atoms with Crippen molar-refractivity contribution in [1.29, 1.82) is 0 Å². The van der Waals surface area contributed by atoms with Crippen LogP contribution in [0.1, 0.15) is 41.5 Å². The number of nitrogens with one attached hydrogen (secondary N) is 1. The summed E-state index contributed by atoms with van der Waals surface area (Å²) in [5, 5.41) is 14.4. The molecule has 1 unspecified atom stereocenters. The molecule has 0 bridgehead atoms. The molecule has 5 nitrogen and oxygen atoms in total. The zero-order valence-electron chi connectivity index (χ0n) is 14.9. The second-order valence-corrected chi connectivity index (χ2v) is 8.09. The highest BCUT2D eigenvalue weighted by Crippen LogP contribution is 2.37. The van der Waals surface area contributed by atoms with Gasteiger partial charge in [0.15, 0.2) is 5.60 Å². The first-order valence-electron chi connectivity index (χ1n) is 8.61. The maximum Gasteiger partial charge on any atom is 0.258 e. The van der Waals surface area contributed by atoms with Crippen LogP contribution < -0.4 is 10.9 Å². The van der Waals surface area contributed by atoms with Gasteiger partial charge in [0.25, 0.3) is 11.5 Å². The zero-order chi connectivity index (χ0) is 18.2. The maximum absolute atomic E-state index is 12.7. The lowest BCUT2D eigenvalue weighted by Gasteiger charge is -2.24. The Kier molecular flexibility index (Phi) is 4.84. The number of rotatable bonds is 4. The Hall–Kier alpha value is -1.92. The Morgan fingerprint density at radius 3 is 2.72 bits per heavy atom. The fourth-order valence-corrected chi connectivity index (χ4v) is 4.58. The Bertz CT molecular complexity index is 864. The fraction of sp³-hybridized carbons (Fsp3) is 0.474. The van der Waals surface area contributed by atoms with E-state index in [-0.39, 0.29) is 12.1 Å². The van der Waals surface area contributed by atoms with Crippen molar-refractivity contribution in [3.63, 3.8) is 0 Å². The third-order valence-corrected chi connectivity index (χ3v) is 6.20. The first-order chi connectivity index (χ1) is 11.8. The highest BCUT2D eigenvalue weighted by atomic mass is 32.1. The van der Waals surface area contributed by atoms with Crippen molar-refractivity contribution in [2.24, 2.45) is 0 Å². The molecule has 25 heavy (non-hydrogen) atoms. The molecule has 2 aromatic rings. The van der Waals surface area contributed by atoms with E-state index in [2.05, 4.69) is 5.32 Å². The molecule has 2 heterocycles. The van der Waals surface area contributed by atoms with Crippen LogP contribution in [0.2, 0.25) is 0 Å². The zero-order valence-corrected chi connectivity index (χ0v) is 15.7. The molecule has 0 aromatic carbocycles. The standard InChI is InChI=1S/C19H24N2O3S/c1-12-7-6-10-16(22)21(12)11-19(3,24)18(23)20-17-13(2)14-8-4-5-9-15(14)25-17/h6-7,10,24H,4-5,8-9,11H2,1-3H3,(H,20,23). The van der Waals surface area contributed by atoms with E-state index in [1.807, 2.05) is 6.92 Å². The molecule has 0 fully saturated rings. The molecule has 0 radical (unpaired) electrons. The summed E-state index contributed by atoms with van der Waals surface area (Å²) >= 11 is 1.61. The molecule has 2 N–H and O–H groups in total. The van der Waals surface area contributed by atoms with Gasteiger partial charge in [-0.1, -0.05) is 6.07 Å². The summed E-state index contributed by atoms with van der Waals surface area (Å²) in [5.74, 6) is -0.482. The van der Waals surface area contributed by atoms with Crippen LogP contribution in [0.3, 0.4) is 0 Å². The van der Waals surface area contributed by atoms with Crippen LogP contribution in [0.5, 0.6) is 0 Å². The molecule has 3 rings (SSSR count). The number of aliphatic hydroxyl groups is 1. The molecule has 1 aliphatic rings. The summed E-state index contributed by atoms with van der Waals surface area (Å²) in [6, 6.07) is 4.88. The summed E-state index contributed by atoms with van der Waals surface area (Å²) in [4.78, 5) is 26.0. The van der Waals surface area contributed by atoms with Gasteiger partial charge >= 0.3 is 0 Å². The van der Waals surface area contributed by atoms with E-state index in [1.54, 1.807) is 30.4 Å². The number of aromatic nitrogens is 1. The van der Waals surface area contributed by atoms with Crippen LogP contribution in [0.15, 0.2) is 23.0 Å². The Morgan fingerprint density at radius 2 is 2.04 bits per heavy atom. The molecule has 1 atom stereocenters. The molecule has 0 aliphatic heterocycles. The third-order valence-electron chi connectivity index (χ3n) is 4.89. The van der Waals surface area contributed by atoms with Crippen LogP contribution in [0.4, 0.5) is 5.00 Å². The van der Waals surface area contributed by atoms with Crippen LogP contribution in [-0.4, -0.2) is 21.2 Å². The second kappa shape index (κ2) is 6.77. The van der Waals surface area contributed by atoms with Gasteiger partial charge in [-0.05, 0) is 63.6 Å². The van der Waals surface area contributed by atoms with Crippen molar-refractivity contribution in [3.05, 3.63) is 50.3 Å². The minimum absolute atomic E-state index is 0.0749. The number of fused-ring (bicyclic) bond motifs is 1. The molecule has 6 heteroatoms. The normalized spacial score (nSPS) is 16.2. The number of pyridine rings is 1. The SMILES string of the molecule is Cc1c(NC(=O)C(C)(O)Cn2c(C)cccc2=O)sc2c1CCCC2. The maximum atomic E-state index is 12.7. The summed E-state index contributed by atoms with van der Waals surface area (Å²) in [7, 11) is 0. The van der Waals surface area contributed by atoms with E-state index in [4.69, 9.17) is 0 Å². The van der Waals surface area contributed by atoms with Crippen molar-refractivity contribution in [3.8, 4) is 0 Å². The van der Waals surface area contributed by atoms with Gasteiger partial charge < -0.3 is 15.0 Å². The van der Waals surface area contributed by atoms with Crippen molar-refractivity contribution in [1.82, 2.24) is 4.57 Å². The fourth-order valence-electron chi connectivity index (χ4n) is 3.29. The van der Waals surface area contributed by atoms with Crippen molar-refractivity contribution >= 4 is 22.2 Å². The number of hydrogen-bond acceptors (Lipinski definition) is 4. The van der Waals surface area contributed by atoms with Crippen molar-refractivity contribution in [2.45, 2.75) is 58.6 Å². The van der Waals surface area contributed by atoms with Gasteiger partial charge in [-0.25, -0.2) is 0 Å². The number of amides is 1. The minimum atomic E-state index is -1.67. The van der Waals surface area contributed by atoms with Gasteiger partial charge in [0.2, 0.25) is 0 Å². The lowest BCUT2D eigenvalue weighted by molar-refractivity contribution is -0.133. The van der Waals surface area contributed by atoms with Gasteiger partial charge in [-0.3, -0.25) is 9.59 Å². The summed E-state index contributed by atoms with van der Waals surface area (Å²) < 4.78 is 1.42. The average molecular weight is 360 g/mol.